The van der Waals surface area contributed by atoms with Crippen molar-refractivity contribution in [3.05, 3.63) is 30.2 Å². The average molecular weight is 274 g/mol. The molecule has 0 aromatic carbocycles. The molecule has 0 unspecified atom stereocenters. The minimum Gasteiger partial charge on any atom is -0.461 e. The lowest BCUT2D eigenvalue weighted by Gasteiger charge is -2.21. The molecule has 0 bridgehead atoms. The van der Waals surface area contributed by atoms with Crippen LogP contribution in [0.3, 0.4) is 0 Å². The maximum absolute atomic E-state index is 12.0. The van der Waals surface area contributed by atoms with Crippen molar-refractivity contribution in [3.63, 3.8) is 0 Å². The Hall–Kier alpha value is -2.24. The Morgan fingerprint density at radius 1 is 1.40 bits per heavy atom. The lowest BCUT2D eigenvalue weighted by atomic mass is 10.1. The van der Waals surface area contributed by atoms with E-state index in [4.69, 9.17) is 4.74 Å². The van der Waals surface area contributed by atoms with E-state index < -0.39 is 5.97 Å². The predicted octanol–water partition coefficient (Wildman–Crippen LogP) is 2.27. The van der Waals surface area contributed by atoms with Crippen molar-refractivity contribution >= 4 is 5.97 Å². The second-order valence-electron chi connectivity index (χ2n) is 5.33. The Labute approximate surface area is 117 Å². The molecule has 0 N–H and O–H groups in total. The highest BCUT2D eigenvalue weighted by Crippen LogP contribution is 2.27. The first-order valence-electron chi connectivity index (χ1n) is 6.49. The van der Waals surface area contributed by atoms with Crippen molar-refractivity contribution in [2.24, 2.45) is 0 Å². The highest BCUT2D eigenvalue weighted by molar-refractivity contribution is 5.94. The predicted molar refractivity (Wildman–Crippen MR) is 74.2 cm³/mol. The third-order valence-electron chi connectivity index (χ3n) is 2.71. The largest absolute Gasteiger partial charge is 0.461 e. The molecular weight excluding hydrogens is 256 g/mol. The Bertz CT molecular complexity index is 599. The van der Waals surface area contributed by atoms with E-state index in [0.29, 0.717) is 12.3 Å². The van der Waals surface area contributed by atoms with E-state index in [1.165, 1.54) is 0 Å². The van der Waals surface area contributed by atoms with E-state index in [2.05, 4.69) is 15.3 Å². The van der Waals surface area contributed by atoms with Crippen LogP contribution in [0.1, 0.15) is 38.2 Å². The maximum atomic E-state index is 12.0. The highest BCUT2D eigenvalue weighted by atomic mass is 16.5. The second kappa shape index (κ2) is 5.40. The van der Waals surface area contributed by atoms with Crippen molar-refractivity contribution in [1.82, 2.24) is 20.0 Å². The molecule has 2 rings (SSSR count). The summed E-state index contributed by atoms with van der Waals surface area (Å²) >= 11 is 0. The van der Waals surface area contributed by atoms with Gasteiger partial charge in [0.05, 0.1) is 12.1 Å². The number of carbonyl (C=O) groups is 1. The molecular formula is C14H18N4O2. The Morgan fingerprint density at radius 2 is 2.15 bits per heavy atom. The van der Waals surface area contributed by atoms with Crippen molar-refractivity contribution in [1.29, 1.82) is 0 Å². The Morgan fingerprint density at radius 3 is 2.70 bits per heavy atom. The zero-order valence-electron chi connectivity index (χ0n) is 12.1. The average Bonchev–Trinajstić information content (AvgIpc) is 2.84. The van der Waals surface area contributed by atoms with E-state index in [9.17, 15) is 4.79 Å². The summed E-state index contributed by atoms with van der Waals surface area (Å²) in [4.78, 5) is 16.1. The first kappa shape index (κ1) is 14.2. The van der Waals surface area contributed by atoms with Crippen LogP contribution in [-0.4, -0.2) is 32.6 Å². The fraction of sp³-hybridized carbons (Fsp3) is 0.429. The van der Waals surface area contributed by atoms with Gasteiger partial charge in [-0.25, -0.2) is 9.48 Å². The van der Waals surface area contributed by atoms with Crippen LogP contribution < -0.4 is 0 Å². The highest BCUT2D eigenvalue weighted by Gasteiger charge is 2.27. The molecule has 106 valence electrons. The smallest absolute Gasteiger partial charge is 0.361 e. The standard InChI is InChI=1S/C14H18N4O2/c1-5-20-13(19)11-12(10-7-6-8-15-9-10)18(17-16-11)14(2,3)4/h6-9H,5H2,1-4H3. The minimum atomic E-state index is -0.471. The third kappa shape index (κ3) is 2.68. The van der Waals surface area contributed by atoms with Crippen molar-refractivity contribution in [2.75, 3.05) is 6.61 Å². The zero-order valence-corrected chi connectivity index (χ0v) is 12.1. The van der Waals surface area contributed by atoms with Gasteiger partial charge in [-0.05, 0) is 39.8 Å². The Balaban J connectivity index is 2.61. The minimum absolute atomic E-state index is 0.217. The number of hydrogen-bond donors (Lipinski definition) is 0. The molecule has 0 spiro atoms. The molecule has 2 aromatic rings. The molecule has 0 amide bonds. The summed E-state index contributed by atoms with van der Waals surface area (Å²) in [5, 5.41) is 8.09. The van der Waals surface area contributed by atoms with Gasteiger partial charge >= 0.3 is 5.97 Å². The van der Waals surface area contributed by atoms with Crippen LogP contribution in [-0.2, 0) is 10.3 Å². The van der Waals surface area contributed by atoms with Gasteiger partial charge in [0.2, 0.25) is 0 Å². The number of esters is 1. The number of nitrogens with zero attached hydrogens (tertiary/aromatic N) is 4. The van der Waals surface area contributed by atoms with E-state index in [1.54, 1.807) is 24.0 Å². The molecule has 0 saturated heterocycles. The number of carbonyl (C=O) groups excluding carboxylic acids is 1. The molecule has 2 heterocycles. The quantitative estimate of drug-likeness (QED) is 0.803. The number of aromatic nitrogens is 4. The van der Waals surface area contributed by atoms with Crippen LogP contribution in [0.4, 0.5) is 0 Å². The van der Waals surface area contributed by atoms with Crippen LogP contribution in [0.25, 0.3) is 11.3 Å². The maximum Gasteiger partial charge on any atom is 0.361 e. The van der Waals surface area contributed by atoms with Gasteiger partial charge in [0.1, 0.15) is 5.69 Å². The number of hydrogen-bond acceptors (Lipinski definition) is 5. The van der Waals surface area contributed by atoms with Crippen molar-refractivity contribution < 1.29 is 9.53 Å². The van der Waals surface area contributed by atoms with E-state index in [-0.39, 0.29) is 11.2 Å². The van der Waals surface area contributed by atoms with Gasteiger partial charge in [0.15, 0.2) is 5.69 Å². The van der Waals surface area contributed by atoms with Gasteiger partial charge in [0, 0.05) is 18.0 Å². The molecule has 0 atom stereocenters. The van der Waals surface area contributed by atoms with Gasteiger partial charge in [-0.15, -0.1) is 5.10 Å². The monoisotopic (exact) mass is 274 g/mol. The topological polar surface area (TPSA) is 69.9 Å². The summed E-state index contributed by atoms with van der Waals surface area (Å²) < 4.78 is 6.76. The number of pyridine rings is 1. The molecule has 0 saturated carbocycles. The zero-order chi connectivity index (χ0) is 14.8. The van der Waals surface area contributed by atoms with Crippen LogP contribution >= 0.6 is 0 Å². The summed E-state index contributed by atoms with van der Waals surface area (Å²) in [6.45, 7) is 8.05. The first-order valence-corrected chi connectivity index (χ1v) is 6.49. The van der Waals surface area contributed by atoms with E-state index in [0.717, 1.165) is 5.56 Å². The lowest BCUT2D eigenvalue weighted by molar-refractivity contribution is 0.0520. The molecule has 20 heavy (non-hydrogen) atoms. The van der Waals surface area contributed by atoms with Crippen LogP contribution in [0.15, 0.2) is 24.5 Å². The first-order chi connectivity index (χ1) is 9.45. The van der Waals surface area contributed by atoms with E-state index >= 15 is 0 Å². The molecule has 0 aliphatic heterocycles. The second-order valence-corrected chi connectivity index (χ2v) is 5.33. The normalized spacial score (nSPS) is 11.4. The summed E-state index contributed by atoms with van der Waals surface area (Å²) in [7, 11) is 0. The van der Waals surface area contributed by atoms with Crippen molar-refractivity contribution in [2.45, 2.75) is 33.2 Å². The van der Waals surface area contributed by atoms with Gasteiger partial charge < -0.3 is 4.74 Å². The fourth-order valence-electron chi connectivity index (χ4n) is 1.85. The van der Waals surface area contributed by atoms with Gasteiger partial charge in [-0.3, -0.25) is 4.98 Å². The SMILES string of the molecule is CCOC(=O)c1nnn(C(C)(C)C)c1-c1cccnc1. The fourth-order valence-corrected chi connectivity index (χ4v) is 1.85. The molecule has 6 heteroatoms. The van der Waals surface area contributed by atoms with Gasteiger partial charge in [0.25, 0.3) is 0 Å². The molecule has 0 radical (unpaired) electrons. The Kier molecular flexibility index (Phi) is 3.83. The van der Waals surface area contributed by atoms with Gasteiger partial charge in [-0.2, -0.15) is 0 Å². The van der Waals surface area contributed by atoms with Gasteiger partial charge in [-0.1, -0.05) is 5.21 Å². The van der Waals surface area contributed by atoms with E-state index in [1.807, 2.05) is 32.9 Å². The molecule has 0 aliphatic rings. The molecule has 0 fully saturated rings. The van der Waals surface area contributed by atoms with Crippen LogP contribution in [0.5, 0.6) is 0 Å². The van der Waals surface area contributed by atoms with Crippen molar-refractivity contribution in [3.8, 4) is 11.3 Å². The third-order valence-corrected chi connectivity index (χ3v) is 2.71. The van der Waals surface area contributed by atoms with Crippen LogP contribution in [0.2, 0.25) is 0 Å². The summed E-state index contributed by atoms with van der Waals surface area (Å²) in [6.07, 6.45) is 3.36. The molecule has 0 aliphatic carbocycles. The molecule has 2 aromatic heterocycles. The number of rotatable bonds is 3. The molecule has 6 nitrogen and oxygen atoms in total. The number of ether oxygens (including phenoxy) is 1. The lowest BCUT2D eigenvalue weighted by Crippen LogP contribution is -2.24. The summed E-state index contributed by atoms with van der Waals surface area (Å²) in [6, 6.07) is 3.68. The summed E-state index contributed by atoms with van der Waals surface area (Å²) in [5.74, 6) is -0.471. The van der Waals surface area contributed by atoms with Crippen LogP contribution in [0, 0.1) is 0 Å². The summed E-state index contributed by atoms with van der Waals surface area (Å²) in [5.41, 5.74) is 1.33.